The third kappa shape index (κ3) is 10.2. The molecule has 0 radical (unpaired) electrons. The van der Waals surface area contributed by atoms with Crippen molar-refractivity contribution >= 4 is 38.4 Å². The normalized spacial score (nSPS) is 12.6. The SMILES string of the molecule is C[Si](C)(C)CCOCn1nccc1-c1cnc2c(NCCCOP(=O)(OCc3ccccc3)OCc3ccccc3)nc3cc(C(F)(F)F)ccc3n12. The fraction of sp³-hybridized carbons (Fsp3) is 0.324. The zero-order valence-electron chi connectivity index (χ0n) is 29.8. The third-order valence-corrected chi connectivity index (χ3v) is 11.4. The topological polar surface area (TPSA) is 114 Å². The predicted molar refractivity (Wildman–Crippen MR) is 200 cm³/mol. The second-order valence-corrected chi connectivity index (χ2v) is 20.9. The number of fused-ring (bicyclic) bond motifs is 3. The summed E-state index contributed by atoms with van der Waals surface area (Å²) in [5.74, 6) is 0.268. The van der Waals surface area contributed by atoms with E-state index in [1.807, 2.05) is 66.7 Å². The molecule has 53 heavy (non-hydrogen) atoms. The van der Waals surface area contributed by atoms with E-state index in [2.05, 4.69) is 40.0 Å². The number of imidazole rings is 1. The number of nitrogens with one attached hydrogen (secondary N) is 1. The van der Waals surface area contributed by atoms with Crippen molar-refractivity contribution in [3.05, 3.63) is 114 Å². The first kappa shape index (κ1) is 38.4. The van der Waals surface area contributed by atoms with E-state index in [0.717, 1.165) is 29.3 Å². The lowest BCUT2D eigenvalue weighted by Gasteiger charge is -2.18. The molecule has 0 amide bonds. The number of nitrogens with zero attached hydrogens (tertiary/aromatic N) is 5. The molecule has 16 heteroatoms. The highest BCUT2D eigenvalue weighted by atomic mass is 31.2. The molecule has 0 atom stereocenters. The molecule has 0 aliphatic heterocycles. The molecule has 0 saturated heterocycles. The van der Waals surface area contributed by atoms with Crippen LogP contribution in [0.3, 0.4) is 0 Å². The Morgan fingerprint density at radius 3 is 2.17 bits per heavy atom. The van der Waals surface area contributed by atoms with Crippen molar-refractivity contribution in [1.29, 1.82) is 0 Å². The summed E-state index contributed by atoms with van der Waals surface area (Å²) in [5.41, 5.74) is 3.04. The molecule has 0 spiro atoms. The summed E-state index contributed by atoms with van der Waals surface area (Å²) in [4.78, 5) is 9.20. The van der Waals surface area contributed by atoms with Gasteiger partial charge in [0.05, 0.1) is 54.0 Å². The molecule has 0 saturated carbocycles. The van der Waals surface area contributed by atoms with Crippen LogP contribution in [0.25, 0.3) is 28.1 Å². The highest BCUT2D eigenvalue weighted by molar-refractivity contribution is 7.48. The molecular formula is C37H42F3N6O5PSi. The van der Waals surface area contributed by atoms with Crippen molar-refractivity contribution in [3.8, 4) is 11.4 Å². The second kappa shape index (κ2) is 16.7. The number of rotatable bonds is 18. The standard InChI is InChI=1S/C37H42F3N6O5PSi/c1-53(2,3)22-21-48-27-45-33(17-19-43-45)34-24-42-36-35(44-31-23-30(37(38,39)40)15-16-32(31)46(34)36)41-18-10-20-49-52(47,50-25-28-11-6-4-7-12-28)51-26-29-13-8-5-9-14-29/h4-9,11-17,19,23-24H,10,18,20-22,25-27H2,1-3H3,(H,41,44). The molecular weight excluding hydrogens is 724 g/mol. The Morgan fingerprint density at radius 2 is 1.53 bits per heavy atom. The van der Waals surface area contributed by atoms with Gasteiger partial charge in [-0.15, -0.1) is 0 Å². The van der Waals surface area contributed by atoms with Crippen LogP contribution in [0.15, 0.2) is 97.3 Å². The predicted octanol–water partition coefficient (Wildman–Crippen LogP) is 9.44. The molecule has 3 aromatic heterocycles. The first-order valence-electron chi connectivity index (χ1n) is 17.2. The van der Waals surface area contributed by atoms with Gasteiger partial charge in [-0.3, -0.25) is 18.0 Å². The van der Waals surface area contributed by atoms with E-state index in [9.17, 15) is 17.7 Å². The molecule has 0 aliphatic carbocycles. The summed E-state index contributed by atoms with van der Waals surface area (Å²) < 4.78 is 81.6. The fourth-order valence-corrected chi connectivity index (χ4v) is 7.36. The van der Waals surface area contributed by atoms with Gasteiger partial charge in [0, 0.05) is 27.4 Å². The van der Waals surface area contributed by atoms with Gasteiger partial charge in [0.1, 0.15) is 6.73 Å². The van der Waals surface area contributed by atoms with Gasteiger partial charge in [-0.2, -0.15) is 18.3 Å². The van der Waals surface area contributed by atoms with Crippen molar-refractivity contribution in [2.45, 2.75) is 58.2 Å². The highest BCUT2D eigenvalue weighted by Gasteiger charge is 2.31. The molecule has 3 heterocycles. The van der Waals surface area contributed by atoms with Gasteiger partial charge in [0.15, 0.2) is 11.5 Å². The number of phosphoric acid groups is 1. The van der Waals surface area contributed by atoms with Crippen molar-refractivity contribution in [3.63, 3.8) is 0 Å². The van der Waals surface area contributed by atoms with E-state index < -0.39 is 27.6 Å². The summed E-state index contributed by atoms with van der Waals surface area (Å²) in [5, 5.41) is 7.64. The maximum absolute atomic E-state index is 13.8. The van der Waals surface area contributed by atoms with Crippen LogP contribution in [0.4, 0.5) is 19.0 Å². The van der Waals surface area contributed by atoms with Crippen LogP contribution in [0, 0.1) is 0 Å². The molecule has 0 aliphatic rings. The molecule has 1 N–H and O–H groups in total. The number of halogens is 3. The minimum absolute atomic E-state index is 0.00742. The van der Waals surface area contributed by atoms with Gasteiger partial charge >= 0.3 is 14.0 Å². The first-order valence-corrected chi connectivity index (χ1v) is 22.4. The summed E-state index contributed by atoms with van der Waals surface area (Å²) in [6.07, 6.45) is -0.940. The van der Waals surface area contributed by atoms with Gasteiger partial charge in [-0.05, 0) is 47.9 Å². The van der Waals surface area contributed by atoms with Crippen LogP contribution in [-0.4, -0.2) is 52.0 Å². The Balaban J connectivity index is 1.20. The molecule has 6 rings (SSSR count). The third-order valence-electron chi connectivity index (χ3n) is 8.27. The quantitative estimate of drug-likeness (QED) is 0.0519. The van der Waals surface area contributed by atoms with Gasteiger partial charge in [-0.25, -0.2) is 19.2 Å². The van der Waals surface area contributed by atoms with Gasteiger partial charge in [0.25, 0.3) is 0 Å². The van der Waals surface area contributed by atoms with Crippen LogP contribution in [0.1, 0.15) is 23.1 Å². The molecule has 3 aromatic carbocycles. The Kier molecular flexibility index (Phi) is 12.1. The van der Waals surface area contributed by atoms with Crippen LogP contribution in [0.2, 0.25) is 25.7 Å². The smallest absolute Gasteiger partial charge is 0.367 e. The number of phosphoric ester groups is 1. The van der Waals surface area contributed by atoms with Crippen LogP contribution in [0.5, 0.6) is 0 Å². The number of aromatic nitrogens is 5. The monoisotopic (exact) mass is 766 g/mol. The number of alkyl halides is 3. The number of hydrogen-bond donors (Lipinski definition) is 1. The summed E-state index contributed by atoms with van der Waals surface area (Å²) in [6, 6.07) is 24.8. The van der Waals surface area contributed by atoms with E-state index in [1.165, 1.54) is 6.07 Å². The number of benzene rings is 3. The van der Waals surface area contributed by atoms with Gasteiger partial charge in [-0.1, -0.05) is 80.3 Å². The maximum atomic E-state index is 13.8. The van der Waals surface area contributed by atoms with Crippen LogP contribution >= 0.6 is 7.82 Å². The fourth-order valence-electron chi connectivity index (χ4n) is 5.42. The van der Waals surface area contributed by atoms with Gasteiger partial charge in [0.2, 0.25) is 0 Å². The van der Waals surface area contributed by atoms with Gasteiger partial charge < -0.3 is 10.1 Å². The largest absolute Gasteiger partial charge is 0.475 e. The van der Waals surface area contributed by atoms with Crippen molar-refractivity contribution in [2.24, 2.45) is 0 Å². The lowest BCUT2D eigenvalue weighted by atomic mass is 10.2. The zero-order chi connectivity index (χ0) is 37.5. The molecule has 0 bridgehead atoms. The van der Waals surface area contributed by atoms with E-state index in [1.54, 1.807) is 21.5 Å². The van der Waals surface area contributed by atoms with E-state index >= 15 is 0 Å². The van der Waals surface area contributed by atoms with Crippen molar-refractivity contribution in [1.82, 2.24) is 24.1 Å². The Morgan fingerprint density at radius 1 is 0.849 bits per heavy atom. The highest BCUT2D eigenvalue weighted by Crippen LogP contribution is 2.51. The van der Waals surface area contributed by atoms with Crippen molar-refractivity contribution in [2.75, 3.05) is 25.1 Å². The first-order chi connectivity index (χ1) is 25.4. The molecule has 280 valence electrons. The maximum Gasteiger partial charge on any atom is 0.475 e. The minimum Gasteiger partial charge on any atom is -0.367 e. The van der Waals surface area contributed by atoms with E-state index in [0.29, 0.717) is 35.6 Å². The van der Waals surface area contributed by atoms with Crippen LogP contribution < -0.4 is 5.32 Å². The summed E-state index contributed by atoms with van der Waals surface area (Å²) in [7, 11) is -5.28. The molecule has 6 aromatic rings. The zero-order valence-corrected chi connectivity index (χ0v) is 31.6. The lowest BCUT2D eigenvalue weighted by Crippen LogP contribution is -2.22. The van der Waals surface area contributed by atoms with E-state index in [-0.39, 0.29) is 44.4 Å². The Labute approximate surface area is 306 Å². The Bertz CT molecular complexity index is 2110. The average Bonchev–Trinajstić information content (AvgIpc) is 3.79. The number of anilines is 1. The number of hydrogen-bond acceptors (Lipinski definition) is 9. The lowest BCUT2D eigenvalue weighted by molar-refractivity contribution is -0.137. The molecule has 0 fully saturated rings. The summed E-state index contributed by atoms with van der Waals surface area (Å²) in [6.45, 7) is 7.93. The minimum atomic E-state index is -4.56. The molecule has 0 unspecified atom stereocenters. The summed E-state index contributed by atoms with van der Waals surface area (Å²) >= 11 is 0. The Hall–Kier alpha value is -4.37. The average molecular weight is 767 g/mol. The molecule has 11 nitrogen and oxygen atoms in total. The van der Waals surface area contributed by atoms with Crippen LogP contribution in [-0.2, 0) is 49.0 Å². The number of ether oxygens (including phenoxy) is 1. The van der Waals surface area contributed by atoms with Crippen molar-refractivity contribution < 1.29 is 36.0 Å². The second-order valence-electron chi connectivity index (χ2n) is 13.6. The van der Waals surface area contributed by atoms with E-state index in [4.69, 9.17) is 18.3 Å².